The highest BCUT2D eigenvalue weighted by atomic mass is 16.6. The third-order valence-corrected chi connectivity index (χ3v) is 4.18. The van der Waals surface area contributed by atoms with E-state index in [-0.39, 0.29) is 22.7 Å². The number of esters is 1. The summed E-state index contributed by atoms with van der Waals surface area (Å²) in [7, 11) is 0. The van der Waals surface area contributed by atoms with Gasteiger partial charge in [-0.3, -0.25) is 19.7 Å². The largest absolute Gasteiger partial charge is 0.459 e. The van der Waals surface area contributed by atoms with Crippen molar-refractivity contribution in [3.8, 4) is 0 Å². The second kappa shape index (κ2) is 9.35. The lowest BCUT2D eigenvalue weighted by molar-refractivity contribution is -0.383. The lowest BCUT2D eigenvalue weighted by Gasteiger charge is -2.10. The molecular weight excluding hydrogens is 406 g/mol. The maximum Gasteiger partial charge on any atom is 0.338 e. The molecule has 0 aliphatic carbocycles. The Morgan fingerprint density at radius 3 is 2.52 bits per heavy atom. The molecule has 2 N–H and O–H groups in total. The van der Waals surface area contributed by atoms with Crippen LogP contribution < -0.4 is 10.6 Å². The van der Waals surface area contributed by atoms with E-state index in [0.717, 1.165) is 0 Å². The Hall–Kier alpha value is -4.47. The van der Waals surface area contributed by atoms with Crippen LogP contribution in [0.2, 0.25) is 0 Å². The summed E-state index contributed by atoms with van der Waals surface area (Å²) in [5.41, 5.74) is 0.897. The van der Waals surface area contributed by atoms with E-state index in [1.54, 1.807) is 19.1 Å². The van der Waals surface area contributed by atoms with Crippen molar-refractivity contribution in [2.75, 3.05) is 17.2 Å². The van der Waals surface area contributed by atoms with E-state index < -0.39 is 29.3 Å². The number of carbonyl (C=O) groups is 3. The second-order valence-electron chi connectivity index (χ2n) is 6.36. The van der Waals surface area contributed by atoms with Gasteiger partial charge in [-0.15, -0.1) is 0 Å². The minimum atomic E-state index is -0.800. The number of nitrogens with zero attached hydrogens (tertiary/aromatic N) is 1. The number of hydrogen-bond donors (Lipinski definition) is 2. The van der Waals surface area contributed by atoms with Gasteiger partial charge in [-0.05, 0) is 42.8 Å². The van der Waals surface area contributed by atoms with Gasteiger partial charge in [0.05, 0.1) is 16.7 Å². The lowest BCUT2D eigenvalue weighted by atomic mass is 10.1. The number of ether oxygens (including phenoxy) is 1. The van der Waals surface area contributed by atoms with Crippen LogP contribution in [-0.4, -0.2) is 29.3 Å². The monoisotopic (exact) mass is 423 g/mol. The summed E-state index contributed by atoms with van der Waals surface area (Å²) in [5, 5.41) is 16.0. The van der Waals surface area contributed by atoms with Crippen molar-refractivity contribution in [3.05, 3.63) is 87.9 Å². The van der Waals surface area contributed by atoms with E-state index in [1.807, 2.05) is 0 Å². The van der Waals surface area contributed by atoms with Crippen LogP contribution in [0.3, 0.4) is 0 Å². The number of hydrogen-bond acceptors (Lipinski definition) is 7. The predicted molar refractivity (Wildman–Crippen MR) is 110 cm³/mol. The standard InChI is InChI=1S/C21H17N3O7/c1-13-8-9-14(11-16(13)23-20(26)18-7-4-10-30-18)21(27)31-12-19(25)22-15-5-2-3-6-17(15)24(28)29/h2-11H,12H2,1H3,(H,22,25)(H,23,26). The summed E-state index contributed by atoms with van der Waals surface area (Å²) in [5.74, 6) is -1.91. The number of anilines is 2. The van der Waals surface area contributed by atoms with Crippen LogP contribution in [0, 0.1) is 17.0 Å². The molecule has 2 aromatic carbocycles. The zero-order chi connectivity index (χ0) is 22.4. The molecule has 0 radical (unpaired) electrons. The van der Waals surface area contributed by atoms with Crippen molar-refractivity contribution in [3.63, 3.8) is 0 Å². The van der Waals surface area contributed by atoms with Gasteiger partial charge >= 0.3 is 5.97 Å². The minimum Gasteiger partial charge on any atom is -0.459 e. The number of furan rings is 1. The van der Waals surface area contributed by atoms with E-state index in [1.165, 1.54) is 48.7 Å². The first-order valence-corrected chi connectivity index (χ1v) is 9.01. The van der Waals surface area contributed by atoms with Crippen molar-refractivity contribution < 1.29 is 28.5 Å². The van der Waals surface area contributed by atoms with Crippen LogP contribution in [0.5, 0.6) is 0 Å². The van der Waals surface area contributed by atoms with Gasteiger partial charge in [0.15, 0.2) is 12.4 Å². The van der Waals surface area contributed by atoms with Crippen LogP contribution in [0.15, 0.2) is 65.3 Å². The molecule has 0 bridgehead atoms. The van der Waals surface area contributed by atoms with Crippen molar-refractivity contribution in [1.82, 2.24) is 0 Å². The Bertz CT molecular complexity index is 1140. The number of para-hydroxylation sites is 2. The number of amides is 2. The Labute approximate surface area is 176 Å². The normalized spacial score (nSPS) is 10.2. The molecule has 0 saturated heterocycles. The highest BCUT2D eigenvalue weighted by molar-refractivity contribution is 6.03. The molecule has 31 heavy (non-hydrogen) atoms. The third-order valence-electron chi connectivity index (χ3n) is 4.18. The summed E-state index contributed by atoms with van der Waals surface area (Å²) < 4.78 is 10.0. The van der Waals surface area contributed by atoms with E-state index >= 15 is 0 Å². The molecule has 10 heteroatoms. The summed E-state index contributed by atoms with van der Waals surface area (Å²) in [4.78, 5) is 46.9. The van der Waals surface area contributed by atoms with Gasteiger partial charge in [0, 0.05) is 11.8 Å². The average molecular weight is 423 g/mol. The number of benzene rings is 2. The number of nitro groups is 1. The van der Waals surface area contributed by atoms with Crippen LogP contribution in [0.4, 0.5) is 17.1 Å². The number of aryl methyl sites for hydroxylation is 1. The molecule has 2 amide bonds. The molecule has 3 aromatic rings. The molecule has 0 atom stereocenters. The first-order chi connectivity index (χ1) is 14.8. The molecule has 1 heterocycles. The lowest BCUT2D eigenvalue weighted by Crippen LogP contribution is -2.21. The Balaban J connectivity index is 1.62. The fourth-order valence-electron chi connectivity index (χ4n) is 2.61. The number of carbonyl (C=O) groups excluding carboxylic acids is 3. The molecule has 0 spiro atoms. The summed E-state index contributed by atoms with van der Waals surface area (Å²) >= 11 is 0. The van der Waals surface area contributed by atoms with Crippen LogP contribution in [0.1, 0.15) is 26.5 Å². The molecule has 0 fully saturated rings. The van der Waals surface area contributed by atoms with Crippen LogP contribution in [0.25, 0.3) is 0 Å². The first kappa shape index (κ1) is 21.2. The van der Waals surface area contributed by atoms with Crippen LogP contribution >= 0.6 is 0 Å². The first-order valence-electron chi connectivity index (χ1n) is 9.01. The number of nitro benzene ring substituents is 1. The molecular formula is C21H17N3O7. The fourth-order valence-corrected chi connectivity index (χ4v) is 2.61. The van der Waals surface area contributed by atoms with Crippen LogP contribution in [-0.2, 0) is 9.53 Å². The topological polar surface area (TPSA) is 141 Å². The van der Waals surface area contributed by atoms with E-state index in [0.29, 0.717) is 11.3 Å². The van der Waals surface area contributed by atoms with Crippen molar-refractivity contribution in [1.29, 1.82) is 0 Å². The molecule has 10 nitrogen and oxygen atoms in total. The van der Waals surface area contributed by atoms with Gasteiger partial charge in [-0.1, -0.05) is 18.2 Å². The van der Waals surface area contributed by atoms with E-state index in [2.05, 4.69) is 10.6 Å². The Morgan fingerprint density at radius 1 is 1.03 bits per heavy atom. The highest BCUT2D eigenvalue weighted by Gasteiger charge is 2.17. The van der Waals surface area contributed by atoms with Gasteiger partial charge in [0.1, 0.15) is 5.69 Å². The van der Waals surface area contributed by atoms with Crippen molar-refractivity contribution >= 4 is 34.8 Å². The SMILES string of the molecule is Cc1ccc(C(=O)OCC(=O)Nc2ccccc2[N+](=O)[O-])cc1NC(=O)c1ccco1. The molecule has 0 aliphatic rings. The van der Waals surface area contributed by atoms with Gasteiger partial charge < -0.3 is 19.8 Å². The molecule has 158 valence electrons. The van der Waals surface area contributed by atoms with Gasteiger partial charge in [-0.2, -0.15) is 0 Å². The summed E-state index contributed by atoms with van der Waals surface area (Å²) in [6, 6.07) is 13.2. The fraction of sp³-hybridized carbons (Fsp3) is 0.0952. The third kappa shape index (κ3) is 5.32. The van der Waals surface area contributed by atoms with Gasteiger partial charge in [0.25, 0.3) is 17.5 Å². The number of nitrogens with one attached hydrogen (secondary N) is 2. The highest BCUT2D eigenvalue weighted by Crippen LogP contribution is 2.23. The maximum atomic E-state index is 12.3. The Kier molecular flexibility index (Phi) is 6.41. The smallest absolute Gasteiger partial charge is 0.338 e. The minimum absolute atomic E-state index is 0.00758. The van der Waals surface area contributed by atoms with E-state index in [4.69, 9.17) is 9.15 Å². The molecule has 3 rings (SSSR count). The predicted octanol–water partition coefficient (Wildman–Crippen LogP) is 3.54. The second-order valence-corrected chi connectivity index (χ2v) is 6.36. The molecule has 0 unspecified atom stereocenters. The van der Waals surface area contributed by atoms with Gasteiger partial charge in [-0.25, -0.2) is 4.79 Å². The zero-order valence-electron chi connectivity index (χ0n) is 16.3. The van der Waals surface area contributed by atoms with Gasteiger partial charge in [0.2, 0.25) is 0 Å². The maximum absolute atomic E-state index is 12.3. The summed E-state index contributed by atoms with van der Waals surface area (Å²) in [6.07, 6.45) is 1.37. The number of rotatable bonds is 7. The average Bonchev–Trinajstić information content (AvgIpc) is 3.29. The van der Waals surface area contributed by atoms with E-state index in [9.17, 15) is 24.5 Å². The Morgan fingerprint density at radius 2 is 1.81 bits per heavy atom. The molecule has 1 aromatic heterocycles. The quantitative estimate of drug-likeness (QED) is 0.336. The van der Waals surface area contributed by atoms with Crippen molar-refractivity contribution in [2.45, 2.75) is 6.92 Å². The van der Waals surface area contributed by atoms with Crippen molar-refractivity contribution in [2.24, 2.45) is 0 Å². The zero-order valence-corrected chi connectivity index (χ0v) is 16.3. The summed E-state index contributed by atoms with van der Waals surface area (Å²) in [6.45, 7) is 1.10. The molecule has 0 saturated carbocycles. The molecule has 0 aliphatic heterocycles.